The van der Waals surface area contributed by atoms with E-state index in [1.165, 1.54) is 33.0 Å². The van der Waals surface area contributed by atoms with Gasteiger partial charge in [0.05, 0.1) is 0 Å². The lowest BCUT2D eigenvalue weighted by Gasteiger charge is -2.23. The lowest BCUT2D eigenvalue weighted by molar-refractivity contribution is -0.121. The topological polar surface area (TPSA) is 17.1 Å². The molecule has 0 aliphatic heterocycles. The van der Waals surface area contributed by atoms with Gasteiger partial charge in [-0.25, -0.2) is 0 Å². The van der Waals surface area contributed by atoms with Crippen LogP contribution in [0.15, 0.2) is 24.3 Å². The fourth-order valence-electron chi connectivity index (χ4n) is 3.96. The summed E-state index contributed by atoms with van der Waals surface area (Å²) < 4.78 is 0. The molecule has 1 heteroatoms. The first kappa shape index (κ1) is 18.7. The number of hydrogen-bond acceptors (Lipinski definition) is 1. The quantitative estimate of drug-likeness (QED) is 0.588. The second kappa shape index (κ2) is 7.96. The number of rotatable bonds is 7. The summed E-state index contributed by atoms with van der Waals surface area (Å²) in [5.41, 5.74) is 5.90. The van der Waals surface area contributed by atoms with Crippen LogP contribution < -0.4 is 0 Å². The zero-order valence-electron chi connectivity index (χ0n) is 16.2. The standard InChI is InChI=1S/C23H32O/c1-7-17-18(8-2)23(16(5)6)21-12-10-9-11-19(21)20(17)13-14-22(24)15(3)4/h9-12,15-16H,7-8,13-14H2,1-6H3. The normalized spacial score (nSPS) is 11.7. The lowest BCUT2D eigenvalue weighted by atomic mass is 9.81. The van der Waals surface area contributed by atoms with Crippen molar-refractivity contribution in [2.24, 2.45) is 5.92 Å². The van der Waals surface area contributed by atoms with E-state index in [0.29, 0.717) is 18.1 Å². The van der Waals surface area contributed by atoms with Gasteiger partial charge in [-0.2, -0.15) is 0 Å². The fraction of sp³-hybridized carbons (Fsp3) is 0.522. The molecule has 0 N–H and O–H groups in total. The smallest absolute Gasteiger partial charge is 0.135 e. The molecule has 2 aromatic rings. The SMILES string of the molecule is CCc1c(CC)c(C(C)C)c2ccccc2c1CCC(=O)C(C)C. The van der Waals surface area contributed by atoms with Crippen LogP contribution in [0.3, 0.4) is 0 Å². The Morgan fingerprint density at radius 1 is 0.875 bits per heavy atom. The molecule has 0 aromatic heterocycles. The highest BCUT2D eigenvalue weighted by Gasteiger charge is 2.19. The van der Waals surface area contributed by atoms with Gasteiger partial charge in [-0.3, -0.25) is 4.79 Å². The minimum Gasteiger partial charge on any atom is -0.299 e. The summed E-state index contributed by atoms with van der Waals surface area (Å²) in [5, 5.41) is 2.74. The van der Waals surface area contributed by atoms with E-state index >= 15 is 0 Å². The number of fused-ring (bicyclic) bond motifs is 1. The second-order valence-corrected chi connectivity index (χ2v) is 7.38. The fourth-order valence-corrected chi connectivity index (χ4v) is 3.96. The molecule has 0 aliphatic rings. The first-order chi connectivity index (χ1) is 11.4. The molecular weight excluding hydrogens is 292 g/mol. The van der Waals surface area contributed by atoms with Crippen LogP contribution in [0, 0.1) is 5.92 Å². The third-order valence-corrected chi connectivity index (χ3v) is 5.15. The Balaban J connectivity index is 2.69. The highest BCUT2D eigenvalue weighted by Crippen LogP contribution is 2.36. The zero-order valence-corrected chi connectivity index (χ0v) is 16.2. The van der Waals surface area contributed by atoms with E-state index in [2.05, 4.69) is 52.0 Å². The minimum absolute atomic E-state index is 0.127. The van der Waals surface area contributed by atoms with Crippen molar-refractivity contribution in [1.82, 2.24) is 0 Å². The average molecular weight is 325 g/mol. The number of carbonyl (C=O) groups is 1. The summed E-state index contributed by atoms with van der Waals surface area (Å²) in [6, 6.07) is 8.78. The number of Topliss-reactive ketones (excluding diaryl/α,β-unsaturated/α-hetero) is 1. The van der Waals surface area contributed by atoms with E-state index in [9.17, 15) is 4.79 Å². The Bertz CT molecular complexity index is 722. The third kappa shape index (κ3) is 3.55. The summed E-state index contributed by atoms with van der Waals surface area (Å²) in [4.78, 5) is 12.2. The van der Waals surface area contributed by atoms with Crippen LogP contribution in [0.25, 0.3) is 10.8 Å². The van der Waals surface area contributed by atoms with Gasteiger partial charge in [-0.05, 0) is 58.2 Å². The van der Waals surface area contributed by atoms with Gasteiger partial charge in [0.2, 0.25) is 0 Å². The maximum absolute atomic E-state index is 12.2. The van der Waals surface area contributed by atoms with Crippen molar-refractivity contribution in [1.29, 1.82) is 0 Å². The Morgan fingerprint density at radius 2 is 1.46 bits per heavy atom. The Morgan fingerprint density at radius 3 is 1.96 bits per heavy atom. The van der Waals surface area contributed by atoms with Crippen molar-refractivity contribution >= 4 is 16.6 Å². The first-order valence-electron chi connectivity index (χ1n) is 9.50. The zero-order chi connectivity index (χ0) is 17.9. The molecule has 24 heavy (non-hydrogen) atoms. The van der Waals surface area contributed by atoms with Gasteiger partial charge in [0.25, 0.3) is 0 Å². The van der Waals surface area contributed by atoms with Gasteiger partial charge in [-0.15, -0.1) is 0 Å². The van der Waals surface area contributed by atoms with E-state index in [0.717, 1.165) is 19.3 Å². The van der Waals surface area contributed by atoms with Crippen molar-refractivity contribution < 1.29 is 4.79 Å². The molecule has 0 amide bonds. The van der Waals surface area contributed by atoms with Crippen LogP contribution in [-0.4, -0.2) is 5.78 Å². The molecule has 0 saturated heterocycles. The number of benzene rings is 2. The number of ketones is 1. The van der Waals surface area contributed by atoms with Gasteiger partial charge < -0.3 is 0 Å². The largest absolute Gasteiger partial charge is 0.299 e. The van der Waals surface area contributed by atoms with Crippen LogP contribution in [-0.2, 0) is 24.1 Å². The van der Waals surface area contributed by atoms with Crippen LogP contribution in [0.4, 0.5) is 0 Å². The number of aryl methyl sites for hydroxylation is 1. The van der Waals surface area contributed by atoms with Crippen molar-refractivity contribution in [2.45, 2.75) is 73.1 Å². The highest BCUT2D eigenvalue weighted by molar-refractivity contribution is 5.92. The summed E-state index contributed by atoms with van der Waals surface area (Å²) in [7, 11) is 0. The molecule has 0 aliphatic carbocycles. The van der Waals surface area contributed by atoms with Crippen LogP contribution in [0.2, 0.25) is 0 Å². The van der Waals surface area contributed by atoms with Gasteiger partial charge >= 0.3 is 0 Å². The van der Waals surface area contributed by atoms with Gasteiger partial charge in [0.1, 0.15) is 5.78 Å². The highest BCUT2D eigenvalue weighted by atomic mass is 16.1. The molecular formula is C23H32O. The minimum atomic E-state index is 0.127. The molecule has 0 atom stereocenters. The molecule has 0 saturated carbocycles. The number of hydrogen-bond donors (Lipinski definition) is 0. The van der Waals surface area contributed by atoms with E-state index in [4.69, 9.17) is 0 Å². The van der Waals surface area contributed by atoms with Crippen molar-refractivity contribution in [3.63, 3.8) is 0 Å². The van der Waals surface area contributed by atoms with Crippen molar-refractivity contribution in [3.8, 4) is 0 Å². The van der Waals surface area contributed by atoms with Gasteiger partial charge in [0, 0.05) is 12.3 Å². The lowest BCUT2D eigenvalue weighted by Crippen LogP contribution is -2.11. The molecule has 0 unspecified atom stereocenters. The molecule has 0 spiro atoms. The van der Waals surface area contributed by atoms with Crippen LogP contribution in [0.5, 0.6) is 0 Å². The summed E-state index contributed by atoms with van der Waals surface area (Å²) >= 11 is 0. The Kier molecular flexibility index (Phi) is 6.21. The Labute approximate surface area is 147 Å². The monoisotopic (exact) mass is 324 g/mol. The first-order valence-corrected chi connectivity index (χ1v) is 9.50. The van der Waals surface area contributed by atoms with E-state index in [1.807, 2.05) is 13.8 Å². The molecule has 0 heterocycles. The third-order valence-electron chi connectivity index (χ3n) is 5.15. The van der Waals surface area contributed by atoms with Crippen LogP contribution >= 0.6 is 0 Å². The summed E-state index contributed by atoms with van der Waals surface area (Å²) in [5.74, 6) is 1.01. The van der Waals surface area contributed by atoms with Crippen LogP contribution in [0.1, 0.15) is 76.1 Å². The van der Waals surface area contributed by atoms with E-state index < -0.39 is 0 Å². The van der Waals surface area contributed by atoms with Crippen molar-refractivity contribution in [2.75, 3.05) is 0 Å². The molecule has 0 bridgehead atoms. The van der Waals surface area contributed by atoms with Gasteiger partial charge in [-0.1, -0.05) is 65.8 Å². The summed E-state index contributed by atoms with van der Waals surface area (Å²) in [6.45, 7) is 13.1. The maximum atomic E-state index is 12.2. The van der Waals surface area contributed by atoms with Gasteiger partial charge in [0.15, 0.2) is 0 Å². The predicted octanol–water partition coefficient (Wildman–Crippen LogP) is 6.25. The van der Waals surface area contributed by atoms with E-state index in [-0.39, 0.29) is 5.92 Å². The molecule has 1 nitrogen and oxygen atoms in total. The van der Waals surface area contributed by atoms with Crippen molar-refractivity contribution in [3.05, 3.63) is 46.5 Å². The molecule has 130 valence electrons. The predicted molar refractivity (Wildman–Crippen MR) is 105 cm³/mol. The molecule has 0 radical (unpaired) electrons. The molecule has 2 aromatic carbocycles. The molecule has 0 fully saturated rings. The number of carbonyl (C=O) groups excluding carboxylic acids is 1. The average Bonchev–Trinajstić information content (AvgIpc) is 2.57. The van der Waals surface area contributed by atoms with E-state index in [1.54, 1.807) is 0 Å². The maximum Gasteiger partial charge on any atom is 0.135 e. The molecule has 2 rings (SSSR count). The second-order valence-electron chi connectivity index (χ2n) is 7.38. The Hall–Kier alpha value is -1.63. The summed E-state index contributed by atoms with van der Waals surface area (Å²) in [6.07, 6.45) is 3.62.